The molecule has 2 fully saturated rings. The van der Waals surface area contributed by atoms with Gasteiger partial charge < -0.3 is 54.7 Å². The molecule has 2 aliphatic rings. The van der Waals surface area contributed by atoms with E-state index in [0.717, 1.165) is 28.3 Å². The van der Waals surface area contributed by atoms with Crippen molar-refractivity contribution in [3.63, 3.8) is 0 Å². The van der Waals surface area contributed by atoms with Crippen molar-refractivity contribution < 1.29 is 71.1 Å². The molecule has 2 aliphatic heterocycles. The number of hydrogen-bond donors (Lipinski definition) is 6. The average Bonchev–Trinajstić information content (AvgIpc) is 3.70. The normalized spacial score (nSPS) is 19.9. The number of benzene rings is 2. The van der Waals surface area contributed by atoms with E-state index in [1.54, 1.807) is 18.1 Å². The minimum atomic E-state index is -1.52. The Morgan fingerprint density at radius 1 is 0.797 bits per heavy atom. The molecule has 3 heterocycles. The number of amides is 3. The Hall–Kier alpha value is -4.40. The largest absolute Gasteiger partial charge is 0.539 e. The molecule has 1 aromatic heterocycles. The van der Waals surface area contributed by atoms with Gasteiger partial charge in [0.25, 0.3) is 17.7 Å². The predicted molar refractivity (Wildman–Crippen MR) is 235 cm³/mol. The fraction of sp³-hybridized carbons (Fsp3) is 0.511. The predicted octanol–water partition coefficient (Wildman–Crippen LogP) is -0.387. The first-order valence-electron chi connectivity index (χ1n) is 21.6. The van der Waals surface area contributed by atoms with Gasteiger partial charge in [-0.1, -0.05) is 68.8 Å². The Balaban J connectivity index is 0.00000898. The molecule has 18 nitrogen and oxygen atoms in total. The van der Waals surface area contributed by atoms with Crippen molar-refractivity contribution in [3.05, 3.63) is 71.9 Å². The molecule has 3 aromatic rings. The van der Waals surface area contributed by atoms with Crippen LogP contribution < -0.4 is 27.0 Å². The van der Waals surface area contributed by atoms with E-state index in [1.165, 1.54) is 14.7 Å². The van der Waals surface area contributed by atoms with Crippen molar-refractivity contribution in [2.45, 2.75) is 101 Å². The van der Waals surface area contributed by atoms with Crippen LogP contribution in [-0.4, -0.2) is 162 Å². The molecular weight excluding hydrogens is 897 g/mol. The summed E-state index contributed by atoms with van der Waals surface area (Å²) in [5, 5.41) is 13.1. The van der Waals surface area contributed by atoms with Crippen molar-refractivity contribution in [2.75, 3.05) is 39.8 Å². The fourth-order valence-electron chi connectivity index (χ4n) is 8.22. The second-order valence-corrected chi connectivity index (χ2v) is 16.6. The summed E-state index contributed by atoms with van der Waals surface area (Å²) in [6.07, 6.45) is 3.05. The van der Waals surface area contributed by atoms with Crippen LogP contribution in [-0.2, 0) is 83.9 Å². The monoisotopic (exact) mass is 958 g/mol. The second-order valence-electron chi connectivity index (χ2n) is 16.6. The molecule has 5 rings (SSSR count). The van der Waals surface area contributed by atoms with Gasteiger partial charge in [0.05, 0.1) is 24.2 Å². The van der Waals surface area contributed by atoms with Crippen LogP contribution in [0.25, 0.3) is 10.9 Å². The summed E-state index contributed by atoms with van der Waals surface area (Å²) >= 11 is 0. The van der Waals surface area contributed by atoms with Gasteiger partial charge in [-0.25, -0.2) is 6.29 Å². The van der Waals surface area contributed by atoms with Crippen LogP contribution >= 0.6 is 0 Å². The zero-order chi connectivity index (χ0) is 45.5. The number of fused-ring (bicyclic) bond motifs is 1. The summed E-state index contributed by atoms with van der Waals surface area (Å²) in [7, 11) is 1.72. The number of likely N-dealkylation sites (N-methyl/N-ethyl adjacent to an activating group) is 1. The molecule has 2 saturated heterocycles. The number of H-pyrrole nitrogens is 1. The minimum Gasteiger partial charge on any atom is -0.539 e. The number of rotatable bonds is 26. The standard InChI is InChI=1S/C45H61N10O8.Y/c1-30(2)21-34(26-57)48-39(29-60)53-19-20-55(41(44(53)62)49-33(25-56)13-9-10-16-46)45(63)42(51-36(28-59)23-32-24-47-38-15-8-7-14-37(32)38)54-18-17-52(3)40(43(54)61)50-35(27-58)22-31-11-5-4-6-12-31;/h4-8,11-12,14-15,24-28,30,33-36,39-42,47-51H,9-10,13,16-23,46H2,1-3H3;/q-1;/t33-,34-,35-,36-,39+,40+,41+,42+;/m0./s1. The second kappa shape index (κ2) is 25.9. The Labute approximate surface area is 399 Å². The Morgan fingerprint density at radius 2 is 1.44 bits per heavy atom. The van der Waals surface area contributed by atoms with Gasteiger partial charge in [0.1, 0.15) is 31.3 Å². The SMILES string of the molecule is CC(C)C[C@@H](C=O)N[C@@H]([C-]=O)N1CCN(C(=O)[C@H](N[C@H](C=O)Cc2c[nH]c3ccccc23)N2CCN(C)[C@@H](N[C@H](C=O)Cc3ccccc3)C2=O)[C@@H](N[C@H](C=O)CCCCN)C1=O.[Y]. The van der Waals surface area contributed by atoms with Crippen molar-refractivity contribution in [2.24, 2.45) is 11.7 Å². The maximum Gasteiger partial charge on any atom is 0.262 e. The molecule has 0 aliphatic carbocycles. The van der Waals surface area contributed by atoms with Gasteiger partial charge in [0, 0.05) is 76.0 Å². The van der Waals surface area contributed by atoms with Crippen LogP contribution in [0, 0.1) is 5.92 Å². The molecular formula is C45H61N10O8Y-. The molecule has 0 saturated carbocycles. The zero-order valence-corrected chi connectivity index (χ0v) is 39.6. The van der Waals surface area contributed by atoms with E-state index in [9.17, 15) is 33.6 Å². The van der Waals surface area contributed by atoms with Gasteiger partial charge in [-0.15, -0.1) is 0 Å². The topological polar surface area (TPSA) is 239 Å². The number of para-hydroxylation sites is 1. The number of aromatic nitrogens is 1. The van der Waals surface area contributed by atoms with E-state index >= 15 is 4.79 Å². The fourth-order valence-corrected chi connectivity index (χ4v) is 8.22. The van der Waals surface area contributed by atoms with Gasteiger partial charge >= 0.3 is 0 Å². The molecule has 3 amide bonds. The van der Waals surface area contributed by atoms with E-state index in [-0.39, 0.29) is 77.6 Å². The Morgan fingerprint density at radius 3 is 2.09 bits per heavy atom. The van der Waals surface area contributed by atoms with Crippen LogP contribution in [0.5, 0.6) is 0 Å². The number of aromatic amines is 1. The summed E-state index contributed by atoms with van der Waals surface area (Å²) in [6, 6.07) is 13.4. The van der Waals surface area contributed by atoms with Crippen LogP contribution in [0.3, 0.4) is 0 Å². The molecule has 19 heteroatoms. The molecule has 8 atom stereocenters. The quantitative estimate of drug-likeness (QED) is 0.0342. The maximum atomic E-state index is 15.3. The summed E-state index contributed by atoms with van der Waals surface area (Å²) in [5.41, 5.74) is 8.21. The molecule has 343 valence electrons. The van der Waals surface area contributed by atoms with E-state index in [1.807, 2.05) is 74.7 Å². The molecule has 64 heavy (non-hydrogen) atoms. The molecule has 0 bridgehead atoms. The zero-order valence-electron chi connectivity index (χ0n) is 36.8. The first kappa shape index (κ1) is 52.2. The summed E-state index contributed by atoms with van der Waals surface area (Å²) in [6.45, 7) is 4.13. The third-order valence-corrected chi connectivity index (χ3v) is 11.6. The molecule has 7 N–H and O–H groups in total. The van der Waals surface area contributed by atoms with Gasteiger partial charge in [0.2, 0.25) is 0 Å². The van der Waals surface area contributed by atoms with Gasteiger partial charge in [0.15, 0.2) is 12.3 Å². The average molecular weight is 959 g/mol. The third kappa shape index (κ3) is 13.6. The van der Waals surface area contributed by atoms with Crippen LogP contribution in [0.4, 0.5) is 0 Å². The minimum absolute atomic E-state index is 0. The molecule has 0 spiro atoms. The summed E-state index contributed by atoms with van der Waals surface area (Å²) in [4.78, 5) is 116. The number of piperazine rings is 2. The van der Waals surface area contributed by atoms with Crippen molar-refractivity contribution in [1.82, 2.24) is 45.9 Å². The van der Waals surface area contributed by atoms with Crippen LogP contribution in [0.1, 0.15) is 50.7 Å². The molecule has 0 unspecified atom stereocenters. The number of hydrogen-bond acceptors (Lipinski definition) is 14. The first-order valence-corrected chi connectivity index (χ1v) is 21.6. The smallest absolute Gasteiger partial charge is 0.262 e. The van der Waals surface area contributed by atoms with E-state index in [0.29, 0.717) is 51.1 Å². The number of unbranched alkanes of at least 4 members (excludes halogenated alkanes) is 1. The maximum absolute atomic E-state index is 15.3. The number of nitrogens with one attached hydrogen (secondary N) is 5. The number of aldehydes is 4. The summed E-state index contributed by atoms with van der Waals surface area (Å²) < 4.78 is 0. The number of carbonyl (C=O) groups excluding carboxylic acids is 8. The van der Waals surface area contributed by atoms with Crippen molar-refractivity contribution >= 4 is 60.1 Å². The van der Waals surface area contributed by atoms with E-state index in [4.69, 9.17) is 5.73 Å². The Kier molecular flexibility index (Phi) is 21.2. The molecule has 1 radical (unpaired) electrons. The van der Waals surface area contributed by atoms with E-state index < -0.39 is 66.6 Å². The third-order valence-electron chi connectivity index (χ3n) is 11.6. The summed E-state index contributed by atoms with van der Waals surface area (Å²) in [5.74, 6) is -1.98. The number of carbonyl (C=O) groups is 7. The Bertz CT molecular complexity index is 2020. The van der Waals surface area contributed by atoms with Gasteiger partial charge in [-0.3, -0.25) is 35.2 Å². The van der Waals surface area contributed by atoms with Gasteiger partial charge in [-0.2, -0.15) is 0 Å². The van der Waals surface area contributed by atoms with Crippen LogP contribution in [0.2, 0.25) is 0 Å². The van der Waals surface area contributed by atoms with Crippen molar-refractivity contribution in [3.8, 4) is 0 Å². The van der Waals surface area contributed by atoms with Crippen LogP contribution in [0.15, 0.2) is 60.8 Å². The van der Waals surface area contributed by atoms with Crippen molar-refractivity contribution in [1.29, 1.82) is 0 Å². The molecule has 2 aromatic carbocycles. The first-order chi connectivity index (χ1) is 30.5. The number of nitrogens with zero attached hydrogens (tertiary/aromatic N) is 4. The van der Waals surface area contributed by atoms with E-state index in [2.05, 4.69) is 26.3 Å². The van der Waals surface area contributed by atoms with Gasteiger partial charge in [-0.05, 0) is 75.0 Å². The number of nitrogens with two attached hydrogens (primary N) is 1.